The number of primary sulfonamides is 1. The van der Waals surface area contributed by atoms with Gasteiger partial charge in [-0.25, -0.2) is 18.7 Å². The maximum Gasteiger partial charge on any atom is 0.311 e. The number of sulfonamides is 1. The van der Waals surface area contributed by atoms with Gasteiger partial charge in [0, 0.05) is 6.07 Å². The SMILES string of the molecule is COc1c(-c2n[nH]c(S(N)(=O)=O)n2)cccc1[N+](=O)[O-]. The third-order valence-electron chi connectivity index (χ3n) is 2.37. The summed E-state index contributed by atoms with van der Waals surface area (Å²) in [6.07, 6.45) is 0. The van der Waals surface area contributed by atoms with E-state index in [1.54, 1.807) is 0 Å². The Hall–Kier alpha value is -2.53. The van der Waals surface area contributed by atoms with E-state index in [1.807, 2.05) is 0 Å². The summed E-state index contributed by atoms with van der Waals surface area (Å²) in [6, 6.07) is 4.11. The molecule has 2 rings (SSSR count). The summed E-state index contributed by atoms with van der Waals surface area (Å²) in [5.74, 6) is -0.146. The van der Waals surface area contributed by atoms with Gasteiger partial charge in [0.1, 0.15) is 0 Å². The molecule has 106 valence electrons. The first-order valence-electron chi connectivity index (χ1n) is 5.11. The van der Waals surface area contributed by atoms with Crippen molar-refractivity contribution in [3.63, 3.8) is 0 Å². The first-order valence-corrected chi connectivity index (χ1v) is 6.66. The molecule has 0 amide bonds. The number of nitro groups is 1. The molecule has 1 aromatic heterocycles. The highest BCUT2D eigenvalue weighted by Gasteiger charge is 2.23. The minimum absolute atomic E-state index is 0.0718. The molecule has 1 heterocycles. The van der Waals surface area contributed by atoms with Gasteiger partial charge in [-0.1, -0.05) is 6.07 Å². The summed E-state index contributed by atoms with van der Waals surface area (Å²) < 4.78 is 27.2. The molecule has 0 aliphatic carbocycles. The number of aromatic amines is 1. The lowest BCUT2D eigenvalue weighted by Gasteiger charge is -2.05. The second kappa shape index (κ2) is 4.86. The summed E-state index contributed by atoms with van der Waals surface area (Å²) in [4.78, 5) is 13.9. The molecule has 20 heavy (non-hydrogen) atoms. The number of nitrogens with zero attached hydrogens (tertiary/aromatic N) is 3. The van der Waals surface area contributed by atoms with Crippen LogP contribution in [0.1, 0.15) is 0 Å². The quantitative estimate of drug-likeness (QED) is 0.596. The van der Waals surface area contributed by atoms with Gasteiger partial charge in [-0.2, -0.15) is 10.1 Å². The van der Waals surface area contributed by atoms with Crippen LogP contribution in [-0.4, -0.2) is 35.6 Å². The molecule has 0 bridgehead atoms. The van der Waals surface area contributed by atoms with Gasteiger partial charge in [0.25, 0.3) is 15.2 Å². The van der Waals surface area contributed by atoms with Crippen LogP contribution in [-0.2, 0) is 10.0 Å². The molecular formula is C9H9N5O5S. The van der Waals surface area contributed by atoms with Crippen molar-refractivity contribution in [2.75, 3.05) is 7.11 Å². The Balaban J connectivity index is 2.61. The lowest BCUT2D eigenvalue weighted by Crippen LogP contribution is -2.13. The van der Waals surface area contributed by atoms with Crippen LogP contribution < -0.4 is 9.88 Å². The average Bonchev–Trinajstić information content (AvgIpc) is 2.86. The topological polar surface area (TPSA) is 154 Å². The fraction of sp³-hybridized carbons (Fsp3) is 0.111. The molecule has 0 aliphatic heterocycles. The second-order valence-electron chi connectivity index (χ2n) is 3.62. The number of methoxy groups -OCH3 is 1. The lowest BCUT2D eigenvalue weighted by atomic mass is 10.1. The molecule has 0 atom stereocenters. The van der Waals surface area contributed by atoms with Crippen molar-refractivity contribution in [2.45, 2.75) is 5.16 Å². The molecule has 10 nitrogen and oxygen atoms in total. The van der Waals surface area contributed by atoms with Crippen LogP contribution in [0.25, 0.3) is 11.4 Å². The number of aromatic nitrogens is 3. The highest BCUT2D eigenvalue weighted by atomic mass is 32.2. The van der Waals surface area contributed by atoms with Gasteiger partial charge in [0.2, 0.25) is 5.75 Å². The Morgan fingerprint density at radius 1 is 1.45 bits per heavy atom. The van der Waals surface area contributed by atoms with E-state index < -0.39 is 20.1 Å². The third-order valence-corrected chi connectivity index (χ3v) is 3.09. The van der Waals surface area contributed by atoms with Crippen LogP contribution in [0, 0.1) is 10.1 Å². The molecule has 0 spiro atoms. The molecule has 0 unspecified atom stereocenters. The Labute approximate surface area is 112 Å². The summed E-state index contributed by atoms with van der Waals surface area (Å²) in [5, 5.41) is 21.1. The highest BCUT2D eigenvalue weighted by Crippen LogP contribution is 2.35. The minimum atomic E-state index is -4.04. The van der Waals surface area contributed by atoms with Crippen molar-refractivity contribution in [1.29, 1.82) is 0 Å². The van der Waals surface area contributed by atoms with Gasteiger partial charge in [0.15, 0.2) is 5.82 Å². The molecule has 3 N–H and O–H groups in total. The van der Waals surface area contributed by atoms with E-state index in [0.29, 0.717) is 0 Å². The Kier molecular flexibility index (Phi) is 3.38. The van der Waals surface area contributed by atoms with Crippen LogP contribution in [0.3, 0.4) is 0 Å². The van der Waals surface area contributed by atoms with E-state index in [4.69, 9.17) is 9.88 Å². The lowest BCUT2D eigenvalue weighted by molar-refractivity contribution is -0.385. The number of ether oxygens (including phenoxy) is 1. The third kappa shape index (κ3) is 2.44. The van der Waals surface area contributed by atoms with Crippen LogP contribution in [0.15, 0.2) is 23.4 Å². The standard InChI is InChI=1S/C9H9N5O5S/c1-19-7-5(3-2-4-6(7)14(15)16)8-11-9(13-12-8)20(10,17)18/h2-4H,1H3,(H2,10,17,18)(H,11,12,13). The number of nitro benzene ring substituents is 1. The number of hydrogen-bond donors (Lipinski definition) is 2. The second-order valence-corrected chi connectivity index (χ2v) is 5.10. The van der Waals surface area contributed by atoms with Gasteiger partial charge in [0.05, 0.1) is 17.6 Å². The zero-order valence-corrected chi connectivity index (χ0v) is 10.9. The Morgan fingerprint density at radius 3 is 2.65 bits per heavy atom. The molecule has 0 fully saturated rings. The number of nitrogens with one attached hydrogen (secondary N) is 1. The maximum atomic E-state index is 11.1. The summed E-state index contributed by atoms with van der Waals surface area (Å²) in [7, 11) is -2.79. The van der Waals surface area contributed by atoms with Crippen LogP contribution in [0.2, 0.25) is 0 Å². The summed E-state index contributed by atoms with van der Waals surface area (Å²) >= 11 is 0. The first kappa shape index (κ1) is 13.9. The zero-order valence-electron chi connectivity index (χ0n) is 10.1. The zero-order chi connectivity index (χ0) is 14.9. The first-order chi connectivity index (χ1) is 9.34. The Bertz CT molecular complexity index is 769. The van der Waals surface area contributed by atoms with Gasteiger partial charge < -0.3 is 4.74 Å². The minimum Gasteiger partial charge on any atom is -0.490 e. The monoisotopic (exact) mass is 299 g/mol. The fourth-order valence-corrected chi connectivity index (χ4v) is 1.94. The van der Waals surface area contributed by atoms with Crippen molar-refractivity contribution in [3.05, 3.63) is 28.3 Å². The largest absolute Gasteiger partial charge is 0.490 e. The maximum absolute atomic E-state index is 11.1. The molecule has 0 aliphatic rings. The molecule has 0 radical (unpaired) electrons. The number of H-pyrrole nitrogens is 1. The molecule has 1 aromatic carbocycles. The summed E-state index contributed by atoms with van der Waals surface area (Å²) in [5.41, 5.74) is -0.111. The molecular weight excluding hydrogens is 290 g/mol. The number of hydrogen-bond acceptors (Lipinski definition) is 7. The van der Waals surface area contributed by atoms with Crippen molar-refractivity contribution < 1.29 is 18.1 Å². The van der Waals surface area contributed by atoms with Crippen molar-refractivity contribution >= 4 is 15.7 Å². The van der Waals surface area contributed by atoms with Crippen LogP contribution in [0.4, 0.5) is 5.69 Å². The van der Waals surface area contributed by atoms with Gasteiger partial charge in [-0.15, -0.1) is 0 Å². The van der Waals surface area contributed by atoms with E-state index in [0.717, 1.165) is 0 Å². The number of rotatable bonds is 4. The normalized spacial score (nSPS) is 11.3. The van der Waals surface area contributed by atoms with Crippen LogP contribution in [0.5, 0.6) is 5.75 Å². The van der Waals surface area contributed by atoms with E-state index in [9.17, 15) is 18.5 Å². The van der Waals surface area contributed by atoms with Crippen molar-refractivity contribution in [3.8, 4) is 17.1 Å². The number of nitrogens with two attached hydrogens (primary N) is 1. The van der Waals surface area contributed by atoms with Crippen LogP contribution >= 0.6 is 0 Å². The van der Waals surface area contributed by atoms with E-state index >= 15 is 0 Å². The van der Waals surface area contributed by atoms with Gasteiger partial charge >= 0.3 is 5.69 Å². The van der Waals surface area contributed by atoms with Crippen molar-refractivity contribution in [2.24, 2.45) is 5.14 Å². The predicted molar refractivity (Wildman–Crippen MR) is 66.4 cm³/mol. The summed E-state index contributed by atoms with van der Waals surface area (Å²) in [6.45, 7) is 0. The van der Waals surface area contributed by atoms with Gasteiger partial charge in [-0.05, 0) is 6.07 Å². The molecule has 0 saturated carbocycles. The van der Waals surface area contributed by atoms with E-state index in [-0.39, 0.29) is 22.8 Å². The van der Waals surface area contributed by atoms with E-state index in [2.05, 4.69) is 15.2 Å². The number of benzene rings is 1. The van der Waals surface area contributed by atoms with Gasteiger partial charge in [-0.3, -0.25) is 10.1 Å². The number of para-hydroxylation sites is 1. The smallest absolute Gasteiger partial charge is 0.311 e. The fourth-order valence-electron chi connectivity index (χ4n) is 1.55. The van der Waals surface area contributed by atoms with Crippen molar-refractivity contribution in [1.82, 2.24) is 15.2 Å². The molecule has 2 aromatic rings. The highest BCUT2D eigenvalue weighted by molar-refractivity contribution is 7.89. The van der Waals surface area contributed by atoms with E-state index in [1.165, 1.54) is 25.3 Å². The molecule has 11 heteroatoms. The Morgan fingerprint density at radius 2 is 2.15 bits per heavy atom. The predicted octanol–water partition coefficient (Wildman–Crippen LogP) is 0.0359. The average molecular weight is 299 g/mol. The molecule has 0 saturated heterocycles.